The van der Waals surface area contributed by atoms with Crippen molar-refractivity contribution < 1.29 is 13.2 Å². The van der Waals surface area contributed by atoms with E-state index >= 15 is 0 Å². The van der Waals surface area contributed by atoms with Crippen LogP contribution >= 0.6 is 11.3 Å². The fraction of sp³-hybridized carbons (Fsp3) is 0.316. The van der Waals surface area contributed by atoms with Crippen molar-refractivity contribution in [1.82, 2.24) is 9.29 Å². The van der Waals surface area contributed by atoms with E-state index in [9.17, 15) is 13.2 Å². The third kappa shape index (κ3) is 3.92. The van der Waals surface area contributed by atoms with Crippen molar-refractivity contribution in [2.45, 2.75) is 37.8 Å². The van der Waals surface area contributed by atoms with Crippen LogP contribution in [0.2, 0.25) is 0 Å². The van der Waals surface area contributed by atoms with Gasteiger partial charge < -0.3 is 4.74 Å². The Labute approximate surface area is 162 Å². The van der Waals surface area contributed by atoms with Gasteiger partial charge in [-0.3, -0.25) is 9.36 Å². The molecule has 27 heavy (non-hydrogen) atoms. The lowest BCUT2D eigenvalue weighted by atomic mass is 10.1. The summed E-state index contributed by atoms with van der Waals surface area (Å²) in [4.78, 5) is 12.1. The smallest absolute Gasteiger partial charge is 0.308 e. The first-order valence-electron chi connectivity index (χ1n) is 8.69. The molecule has 8 heteroatoms. The minimum Gasteiger partial charge on any atom is -0.497 e. The van der Waals surface area contributed by atoms with Gasteiger partial charge in [0.2, 0.25) is 10.0 Å². The Morgan fingerprint density at radius 2 is 1.85 bits per heavy atom. The number of methoxy groups -OCH3 is 1. The highest BCUT2D eigenvalue weighted by Gasteiger charge is 2.21. The highest BCUT2D eigenvalue weighted by Crippen LogP contribution is 2.25. The molecule has 1 aromatic heterocycles. The number of nitrogens with one attached hydrogen (secondary N) is 1. The SMILES string of the molecule is CC[C@H](NS(=O)(=O)c1ccc2c(c1)sc(=O)n2CC)c1ccc(OC)cc1. The number of thiazole rings is 1. The largest absolute Gasteiger partial charge is 0.497 e. The van der Waals surface area contributed by atoms with Gasteiger partial charge in [0, 0.05) is 12.6 Å². The van der Waals surface area contributed by atoms with Crippen molar-refractivity contribution in [1.29, 1.82) is 0 Å². The number of benzene rings is 2. The number of ether oxygens (including phenoxy) is 1. The van der Waals surface area contributed by atoms with E-state index in [2.05, 4.69) is 4.72 Å². The van der Waals surface area contributed by atoms with E-state index in [0.29, 0.717) is 17.7 Å². The van der Waals surface area contributed by atoms with Crippen LogP contribution in [0.3, 0.4) is 0 Å². The van der Waals surface area contributed by atoms with Gasteiger partial charge in [0.15, 0.2) is 0 Å². The van der Waals surface area contributed by atoms with Gasteiger partial charge in [-0.05, 0) is 49.2 Å². The van der Waals surface area contributed by atoms with Gasteiger partial charge in [0.25, 0.3) is 0 Å². The van der Waals surface area contributed by atoms with Gasteiger partial charge in [-0.1, -0.05) is 30.4 Å². The Balaban J connectivity index is 1.92. The first-order valence-corrected chi connectivity index (χ1v) is 11.0. The van der Waals surface area contributed by atoms with E-state index in [4.69, 9.17) is 4.74 Å². The van der Waals surface area contributed by atoms with Crippen LogP contribution in [0.15, 0.2) is 52.2 Å². The van der Waals surface area contributed by atoms with Crippen molar-refractivity contribution in [3.05, 3.63) is 57.7 Å². The second-order valence-corrected chi connectivity index (χ2v) is 8.80. The van der Waals surface area contributed by atoms with Crippen molar-refractivity contribution >= 4 is 31.6 Å². The second kappa shape index (κ2) is 7.84. The molecule has 1 atom stereocenters. The second-order valence-electron chi connectivity index (χ2n) is 6.10. The van der Waals surface area contributed by atoms with E-state index in [1.807, 2.05) is 38.1 Å². The molecule has 6 nitrogen and oxygen atoms in total. The number of fused-ring (bicyclic) bond motifs is 1. The molecule has 0 radical (unpaired) electrons. The van der Waals surface area contributed by atoms with E-state index < -0.39 is 10.0 Å². The van der Waals surface area contributed by atoms with Crippen LogP contribution in [0.1, 0.15) is 31.9 Å². The highest BCUT2D eigenvalue weighted by molar-refractivity contribution is 7.89. The molecule has 0 aliphatic heterocycles. The Morgan fingerprint density at radius 3 is 2.44 bits per heavy atom. The summed E-state index contributed by atoms with van der Waals surface area (Å²) >= 11 is 1.06. The van der Waals surface area contributed by atoms with Crippen LogP contribution in [0.5, 0.6) is 5.75 Å². The normalized spacial score (nSPS) is 13.0. The third-order valence-electron chi connectivity index (χ3n) is 4.49. The van der Waals surface area contributed by atoms with Gasteiger partial charge in [-0.15, -0.1) is 0 Å². The standard InChI is InChI=1S/C19H22N2O4S2/c1-4-16(13-6-8-14(25-3)9-7-13)20-27(23,24)15-10-11-17-18(12-15)26-19(22)21(17)5-2/h6-12,16,20H,4-5H2,1-3H3/t16-/m0/s1. The number of nitrogens with zero attached hydrogens (tertiary/aromatic N) is 1. The van der Waals surface area contributed by atoms with Gasteiger partial charge >= 0.3 is 4.87 Å². The number of hydrogen-bond donors (Lipinski definition) is 1. The first kappa shape index (κ1) is 19.6. The Kier molecular flexibility index (Phi) is 5.69. The highest BCUT2D eigenvalue weighted by atomic mass is 32.2. The summed E-state index contributed by atoms with van der Waals surface area (Å²) in [6, 6.07) is 11.8. The predicted molar refractivity (Wildman–Crippen MR) is 108 cm³/mol. The lowest BCUT2D eigenvalue weighted by molar-refractivity contribution is 0.414. The van der Waals surface area contributed by atoms with Gasteiger partial charge in [-0.2, -0.15) is 0 Å². The molecule has 0 unspecified atom stereocenters. The Hall–Kier alpha value is -2.16. The maximum Gasteiger partial charge on any atom is 0.308 e. The maximum absolute atomic E-state index is 12.9. The summed E-state index contributed by atoms with van der Waals surface area (Å²) in [5, 5.41) is 0. The Morgan fingerprint density at radius 1 is 1.15 bits per heavy atom. The molecule has 3 rings (SSSR count). The minimum atomic E-state index is -3.72. The summed E-state index contributed by atoms with van der Waals surface area (Å²) in [6.45, 7) is 4.37. The molecule has 2 aromatic carbocycles. The number of sulfonamides is 1. The molecule has 0 spiro atoms. The molecule has 0 amide bonds. The van der Waals surface area contributed by atoms with Crippen molar-refractivity contribution in [3.8, 4) is 5.75 Å². The van der Waals surface area contributed by atoms with Crippen LogP contribution in [0, 0.1) is 0 Å². The van der Waals surface area contributed by atoms with Crippen molar-refractivity contribution in [2.24, 2.45) is 0 Å². The van der Waals surface area contributed by atoms with Crippen LogP contribution in [0.4, 0.5) is 0 Å². The van der Waals surface area contributed by atoms with Gasteiger partial charge in [-0.25, -0.2) is 13.1 Å². The molecule has 0 saturated heterocycles. The summed E-state index contributed by atoms with van der Waals surface area (Å²) in [5.74, 6) is 0.720. The number of hydrogen-bond acceptors (Lipinski definition) is 5. The molecule has 1 N–H and O–H groups in total. The Bertz CT molecular complexity index is 1100. The first-order chi connectivity index (χ1) is 12.9. The van der Waals surface area contributed by atoms with E-state index in [1.54, 1.807) is 29.9 Å². The minimum absolute atomic E-state index is 0.0836. The fourth-order valence-electron chi connectivity index (χ4n) is 2.99. The van der Waals surface area contributed by atoms with Crippen LogP contribution < -0.4 is 14.3 Å². The van der Waals surface area contributed by atoms with Crippen LogP contribution in [0.25, 0.3) is 10.2 Å². The summed E-state index contributed by atoms with van der Waals surface area (Å²) < 4.78 is 36.0. The number of rotatable bonds is 7. The molecule has 0 aliphatic rings. The zero-order valence-corrected chi connectivity index (χ0v) is 17.1. The van der Waals surface area contributed by atoms with E-state index in [0.717, 1.165) is 28.2 Å². The van der Waals surface area contributed by atoms with Crippen LogP contribution in [-0.2, 0) is 16.6 Å². The lowest BCUT2D eigenvalue weighted by Gasteiger charge is -2.18. The van der Waals surface area contributed by atoms with Gasteiger partial charge in [0.05, 0.1) is 22.2 Å². The number of aromatic nitrogens is 1. The third-order valence-corrected chi connectivity index (χ3v) is 6.90. The quantitative estimate of drug-likeness (QED) is 0.651. The molecule has 3 aromatic rings. The van der Waals surface area contributed by atoms with E-state index in [-0.39, 0.29) is 15.8 Å². The molecule has 0 aliphatic carbocycles. The molecular weight excluding hydrogens is 384 g/mol. The van der Waals surface area contributed by atoms with Gasteiger partial charge in [0.1, 0.15) is 5.75 Å². The molecule has 0 bridgehead atoms. The molecule has 1 heterocycles. The zero-order valence-electron chi connectivity index (χ0n) is 15.4. The van der Waals surface area contributed by atoms with Crippen molar-refractivity contribution in [3.63, 3.8) is 0 Å². The summed E-state index contributed by atoms with van der Waals surface area (Å²) in [5.41, 5.74) is 1.62. The van der Waals surface area contributed by atoms with E-state index in [1.165, 1.54) is 0 Å². The predicted octanol–water partition coefficient (Wildman–Crippen LogP) is 3.52. The monoisotopic (exact) mass is 406 g/mol. The fourth-order valence-corrected chi connectivity index (χ4v) is 5.39. The summed E-state index contributed by atoms with van der Waals surface area (Å²) in [6.07, 6.45) is 0.605. The zero-order chi connectivity index (χ0) is 19.6. The average molecular weight is 407 g/mol. The van der Waals surface area contributed by atoms with Crippen molar-refractivity contribution in [2.75, 3.05) is 7.11 Å². The van der Waals surface area contributed by atoms with Crippen LogP contribution in [-0.4, -0.2) is 20.1 Å². The maximum atomic E-state index is 12.9. The summed E-state index contributed by atoms with van der Waals surface area (Å²) in [7, 11) is -2.13. The topological polar surface area (TPSA) is 77.4 Å². The molecule has 0 fully saturated rings. The average Bonchev–Trinajstić information content (AvgIpc) is 3.00. The molecule has 0 saturated carbocycles. The number of aryl methyl sites for hydroxylation is 1. The lowest BCUT2D eigenvalue weighted by Crippen LogP contribution is -2.28. The molecular formula is C19H22N2O4S2. The molecule has 144 valence electrons.